The second kappa shape index (κ2) is 19.5. The summed E-state index contributed by atoms with van der Waals surface area (Å²) >= 11 is 18.9. The molecule has 8 rings (SSSR count). The SMILES string of the molecule is CCOC(=O)[C@@H](OC(C)(C)C)c1c(C)cc2nc(Br)sc2c1-c1ccc(Cl)cc1.Cc1cc2nc(-c3ccc4c(c3)c(C)nn4C)sc2c(-c2ccc(Cl)cc2)c1[C@H](OC(C)(C)C)C(=O)O. The summed E-state index contributed by atoms with van der Waals surface area (Å²) in [4.78, 5) is 35.1. The number of aryl methyl sites for hydroxylation is 4. The fraction of sp³-hybridized carbons (Fsp3) is 0.314. The first-order chi connectivity index (χ1) is 31.0. The number of hydrogen-bond donors (Lipinski definition) is 1. The van der Waals surface area contributed by atoms with Crippen molar-refractivity contribution in [2.75, 3.05) is 6.61 Å². The molecule has 0 radical (unpaired) electrons. The lowest BCUT2D eigenvalue weighted by Crippen LogP contribution is -2.29. The second-order valence-corrected chi connectivity index (χ2v) is 22.1. The number of nitrogens with zero attached hydrogens (tertiary/aromatic N) is 4. The van der Waals surface area contributed by atoms with Crippen LogP contribution in [0, 0.1) is 20.8 Å². The number of carboxylic acids is 1. The van der Waals surface area contributed by atoms with Crippen LogP contribution in [0.1, 0.15) is 88.6 Å². The molecule has 10 nitrogen and oxygen atoms in total. The molecule has 0 unspecified atom stereocenters. The van der Waals surface area contributed by atoms with Gasteiger partial charge in [0, 0.05) is 50.3 Å². The molecule has 0 aliphatic rings. The molecule has 15 heteroatoms. The highest BCUT2D eigenvalue weighted by Crippen LogP contribution is 2.46. The van der Waals surface area contributed by atoms with Crippen molar-refractivity contribution in [2.45, 2.75) is 92.6 Å². The number of carboxylic acid groups (broad SMARTS) is 1. The Bertz CT molecular complexity index is 3110. The third-order valence-corrected chi connectivity index (χ3v) is 13.8. The molecule has 3 aromatic heterocycles. The van der Waals surface area contributed by atoms with Crippen LogP contribution in [0.2, 0.25) is 10.0 Å². The molecular formula is C51H51BrCl2N4O6S2. The van der Waals surface area contributed by atoms with Gasteiger partial charge in [-0.3, -0.25) is 4.68 Å². The van der Waals surface area contributed by atoms with Gasteiger partial charge in [0.25, 0.3) is 0 Å². The Morgan fingerprint density at radius 1 is 0.727 bits per heavy atom. The summed E-state index contributed by atoms with van der Waals surface area (Å²) in [5, 5.41) is 18.0. The Labute approximate surface area is 411 Å². The van der Waals surface area contributed by atoms with E-state index in [1.807, 2.05) is 135 Å². The smallest absolute Gasteiger partial charge is 0.339 e. The van der Waals surface area contributed by atoms with Crippen molar-refractivity contribution in [3.8, 4) is 32.8 Å². The van der Waals surface area contributed by atoms with Gasteiger partial charge >= 0.3 is 11.9 Å². The number of ether oxygens (including phenoxy) is 3. The van der Waals surface area contributed by atoms with E-state index in [-0.39, 0.29) is 6.61 Å². The number of fused-ring (bicyclic) bond motifs is 3. The number of aromatic nitrogens is 4. The fourth-order valence-electron chi connectivity index (χ4n) is 7.96. The van der Waals surface area contributed by atoms with Gasteiger partial charge in [0.05, 0.1) is 49.5 Å². The van der Waals surface area contributed by atoms with Crippen LogP contribution >= 0.6 is 61.8 Å². The van der Waals surface area contributed by atoms with E-state index < -0.39 is 35.3 Å². The molecule has 0 aliphatic heterocycles. The lowest BCUT2D eigenvalue weighted by atomic mass is 9.91. The molecule has 0 amide bonds. The second-order valence-electron chi connectivity index (χ2n) is 17.9. The van der Waals surface area contributed by atoms with E-state index in [0.29, 0.717) is 15.6 Å². The first-order valence-corrected chi connectivity index (χ1v) is 24.5. The Balaban J connectivity index is 0.000000203. The molecule has 344 valence electrons. The Morgan fingerprint density at radius 3 is 1.73 bits per heavy atom. The summed E-state index contributed by atoms with van der Waals surface area (Å²) in [5.74, 6) is -1.43. The number of thiazole rings is 2. The van der Waals surface area contributed by atoms with Crippen molar-refractivity contribution in [2.24, 2.45) is 7.05 Å². The van der Waals surface area contributed by atoms with E-state index in [1.165, 1.54) is 11.3 Å². The molecule has 3 heterocycles. The molecule has 8 aromatic rings. The van der Waals surface area contributed by atoms with Crippen molar-refractivity contribution in [1.82, 2.24) is 19.7 Å². The van der Waals surface area contributed by atoms with Gasteiger partial charge < -0.3 is 19.3 Å². The summed E-state index contributed by atoms with van der Waals surface area (Å²) in [6, 6.07) is 25.2. The first kappa shape index (κ1) is 49.2. The van der Waals surface area contributed by atoms with Gasteiger partial charge in [0.2, 0.25) is 0 Å². The third kappa shape index (κ3) is 10.7. The zero-order valence-corrected chi connectivity index (χ0v) is 43.3. The van der Waals surface area contributed by atoms with Crippen molar-refractivity contribution in [1.29, 1.82) is 0 Å². The van der Waals surface area contributed by atoms with Crippen LogP contribution in [0.15, 0.2) is 82.8 Å². The zero-order valence-electron chi connectivity index (χ0n) is 38.6. The molecule has 0 saturated carbocycles. The Hall–Kier alpha value is -4.73. The quantitative estimate of drug-likeness (QED) is 0.133. The molecule has 0 saturated heterocycles. The highest BCUT2D eigenvalue weighted by molar-refractivity contribution is 9.11. The molecule has 5 aromatic carbocycles. The maximum atomic E-state index is 13.0. The minimum atomic E-state index is -1.14. The number of benzene rings is 5. The number of carbonyl (C=O) groups excluding carboxylic acids is 1. The van der Waals surface area contributed by atoms with E-state index in [1.54, 1.807) is 18.3 Å². The van der Waals surface area contributed by atoms with Gasteiger partial charge in [-0.15, -0.1) is 22.7 Å². The molecule has 2 atom stereocenters. The van der Waals surface area contributed by atoms with Gasteiger partial charge in [-0.2, -0.15) is 5.10 Å². The van der Waals surface area contributed by atoms with Gasteiger partial charge in [0.1, 0.15) is 5.01 Å². The van der Waals surface area contributed by atoms with E-state index in [2.05, 4.69) is 44.2 Å². The summed E-state index contributed by atoms with van der Waals surface area (Å²) in [6.07, 6.45) is -2.00. The summed E-state index contributed by atoms with van der Waals surface area (Å²) < 4.78 is 22.3. The van der Waals surface area contributed by atoms with Crippen molar-refractivity contribution in [3.63, 3.8) is 0 Å². The standard InChI is InChI=1S/C29H28ClN3O3S.C22H23BrClNO3S/c1-15-13-21-26(37-27(31-21)18-9-12-22-20(14-18)16(2)32-33(22)6)24(17-7-10-19(30)11-8-17)23(15)25(28(34)35)36-29(3,4)5;1-6-27-20(26)18(28-22(3,4)5)16-12(2)11-15-19(29-21(23)25-15)17(16)13-7-9-14(24)10-8-13/h7-14,25H,1-6H3,(H,34,35);7-11,18H,6H2,1-5H3/t25-;18-/m00/s1. The Kier molecular flexibility index (Phi) is 14.5. The van der Waals surface area contributed by atoms with Gasteiger partial charge in [-0.05, 0) is 162 Å². The molecule has 0 aliphatic carbocycles. The predicted molar refractivity (Wildman–Crippen MR) is 273 cm³/mol. The van der Waals surface area contributed by atoms with Crippen molar-refractivity contribution in [3.05, 3.63) is 121 Å². The lowest BCUT2D eigenvalue weighted by molar-refractivity contribution is -0.166. The summed E-state index contributed by atoms with van der Waals surface area (Å²) in [7, 11) is 1.94. The average molecular weight is 1030 g/mol. The van der Waals surface area contributed by atoms with E-state index in [0.717, 1.165) is 90.5 Å². The lowest BCUT2D eigenvalue weighted by Gasteiger charge is -2.29. The number of hydrogen-bond acceptors (Lipinski definition) is 10. The van der Waals surface area contributed by atoms with Crippen LogP contribution in [0.4, 0.5) is 0 Å². The maximum absolute atomic E-state index is 13.0. The largest absolute Gasteiger partial charge is 0.479 e. The molecule has 66 heavy (non-hydrogen) atoms. The van der Waals surface area contributed by atoms with Crippen LogP contribution in [0.25, 0.3) is 64.2 Å². The summed E-state index contributed by atoms with van der Waals surface area (Å²) in [5.41, 5.74) is 10.2. The van der Waals surface area contributed by atoms with E-state index >= 15 is 0 Å². The van der Waals surface area contributed by atoms with Gasteiger partial charge in [-0.1, -0.05) is 47.5 Å². The number of halogens is 3. The van der Waals surface area contributed by atoms with Gasteiger partial charge in [0.15, 0.2) is 16.1 Å². The predicted octanol–water partition coefficient (Wildman–Crippen LogP) is 14.8. The summed E-state index contributed by atoms with van der Waals surface area (Å²) in [6.45, 7) is 19.3. The highest BCUT2D eigenvalue weighted by atomic mass is 79.9. The van der Waals surface area contributed by atoms with Crippen molar-refractivity contribution < 1.29 is 28.9 Å². The van der Waals surface area contributed by atoms with Gasteiger partial charge in [-0.25, -0.2) is 19.6 Å². The topological polar surface area (TPSA) is 126 Å². The number of carbonyl (C=O) groups is 2. The number of aliphatic carboxylic acids is 1. The minimum absolute atomic E-state index is 0.284. The van der Waals surface area contributed by atoms with E-state index in [4.69, 9.17) is 42.4 Å². The van der Waals surface area contributed by atoms with Crippen molar-refractivity contribution >= 4 is 105 Å². The van der Waals surface area contributed by atoms with Crippen LogP contribution in [-0.2, 0) is 30.8 Å². The monoisotopic (exact) mass is 1030 g/mol. The molecule has 0 spiro atoms. The average Bonchev–Trinajstić information content (AvgIpc) is 3.91. The van der Waals surface area contributed by atoms with Crippen LogP contribution in [0.3, 0.4) is 0 Å². The third-order valence-electron chi connectivity index (χ3n) is 10.6. The molecule has 0 fully saturated rings. The molecule has 1 N–H and O–H groups in total. The van der Waals surface area contributed by atoms with Crippen LogP contribution in [0.5, 0.6) is 0 Å². The van der Waals surface area contributed by atoms with E-state index in [9.17, 15) is 14.7 Å². The number of esters is 1. The Morgan fingerprint density at radius 2 is 1.21 bits per heavy atom. The van der Waals surface area contributed by atoms with Crippen LogP contribution < -0.4 is 0 Å². The zero-order chi connectivity index (χ0) is 48.0. The fourth-order valence-corrected chi connectivity index (χ4v) is 10.9. The number of rotatable bonds is 10. The molecular weight excluding hydrogens is 980 g/mol. The highest BCUT2D eigenvalue weighted by Gasteiger charge is 2.35. The minimum Gasteiger partial charge on any atom is -0.479 e. The maximum Gasteiger partial charge on any atom is 0.339 e. The normalized spacial score (nSPS) is 12.9. The molecule has 0 bridgehead atoms. The first-order valence-electron chi connectivity index (χ1n) is 21.3. The van der Waals surface area contributed by atoms with Crippen LogP contribution in [-0.4, -0.2) is 54.6 Å².